The molecule has 0 aliphatic carbocycles. The fourth-order valence-corrected chi connectivity index (χ4v) is 3.63. The van der Waals surface area contributed by atoms with Gasteiger partial charge in [-0.3, -0.25) is 4.98 Å². The van der Waals surface area contributed by atoms with E-state index in [0.717, 1.165) is 17.8 Å². The monoisotopic (exact) mass is 412 g/mol. The van der Waals surface area contributed by atoms with Gasteiger partial charge in [-0.1, -0.05) is 54.1 Å². The minimum Gasteiger partial charge on any atom is -0.486 e. The number of benzene rings is 2. The van der Waals surface area contributed by atoms with E-state index in [2.05, 4.69) is 53.7 Å². The first-order chi connectivity index (χ1) is 13.1. The third-order valence-electron chi connectivity index (χ3n) is 5.01. The largest absolute Gasteiger partial charge is 0.486 e. The Balaban J connectivity index is 0.00000225. The number of fused-ring (bicyclic) bond motifs is 1. The highest BCUT2D eigenvalue weighted by Crippen LogP contribution is 2.29. The van der Waals surface area contributed by atoms with E-state index in [1.807, 2.05) is 36.5 Å². The topological polar surface area (TPSA) is 27.1 Å². The molecular weight excluding hydrogens is 391 g/mol. The number of hydrogen-bond acceptors (Lipinski definition) is 2. The normalized spacial score (nSPS) is 10.7. The molecule has 28 heavy (non-hydrogen) atoms. The third-order valence-corrected chi connectivity index (χ3v) is 5.32. The van der Waals surface area contributed by atoms with Crippen LogP contribution in [0.4, 0.5) is 0 Å². The fourth-order valence-electron chi connectivity index (χ4n) is 3.44. The van der Waals surface area contributed by atoms with Crippen LogP contribution in [-0.2, 0) is 13.2 Å². The van der Waals surface area contributed by atoms with Crippen LogP contribution < -0.4 is 4.74 Å². The molecule has 0 aliphatic heterocycles. The number of pyridine rings is 1. The minimum absolute atomic E-state index is 0. The quantitative estimate of drug-likeness (QED) is 0.381. The highest BCUT2D eigenvalue weighted by Gasteiger charge is 2.16. The Morgan fingerprint density at radius 2 is 1.68 bits per heavy atom. The molecule has 0 unspecified atom stereocenters. The summed E-state index contributed by atoms with van der Waals surface area (Å²) in [5.74, 6) is 0.674. The maximum absolute atomic E-state index is 6.23. The van der Waals surface area contributed by atoms with E-state index in [4.69, 9.17) is 16.3 Å². The summed E-state index contributed by atoms with van der Waals surface area (Å²) < 4.78 is 8.31. The molecule has 0 spiro atoms. The van der Waals surface area contributed by atoms with Crippen molar-refractivity contribution < 1.29 is 4.74 Å². The van der Waals surface area contributed by atoms with Crippen LogP contribution in [-0.4, -0.2) is 9.55 Å². The van der Waals surface area contributed by atoms with Crippen molar-refractivity contribution in [3.05, 3.63) is 94.4 Å². The van der Waals surface area contributed by atoms with Crippen LogP contribution in [0.2, 0.25) is 5.02 Å². The van der Waals surface area contributed by atoms with E-state index >= 15 is 0 Å². The SMILES string of the molecule is Cc1c(C)n(Cc2ccccc2)c2c(COc3ccccc3Cl)nccc12.Cl. The van der Waals surface area contributed by atoms with Crippen LogP contribution in [0.3, 0.4) is 0 Å². The lowest BCUT2D eigenvalue weighted by atomic mass is 10.2. The summed E-state index contributed by atoms with van der Waals surface area (Å²) in [5, 5.41) is 1.83. The maximum atomic E-state index is 6.23. The summed E-state index contributed by atoms with van der Waals surface area (Å²) in [7, 11) is 0. The fraction of sp³-hybridized carbons (Fsp3) is 0.174. The second-order valence-corrected chi connectivity index (χ2v) is 7.06. The van der Waals surface area contributed by atoms with Gasteiger partial charge < -0.3 is 9.30 Å². The zero-order valence-electron chi connectivity index (χ0n) is 15.9. The molecule has 2 heterocycles. The predicted molar refractivity (Wildman–Crippen MR) is 118 cm³/mol. The van der Waals surface area contributed by atoms with Crippen molar-refractivity contribution in [2.75, 3.05) is 0 Å². The smallest absolute Gasteiger partial charge is 0.138 e. The Kier molecular flexibility index (Phi) is 6.28. The zero-order valence-corrected chi connectivity index (χ0v) is 17.4. The lowest BCUT2D eigenvalue weighted by Gasteiger charge is -2.12. The molecule has 0 bridgehead atoms. The van der Waals surface area contributed by atoms with E-state index in [1.165, 1.54) is 22.2 Å². The molecule has 5 heteroatoms. The molecule has 0 saturated carbocycles. The summed E-state index contributed by atoms with van der Waals surface area (Å²) >= 11 is 6.23. The number of hydrogen-bond donors (Lipinski definition) is 0. The van der Waals surface area contributed by atoms with Crippen molar-refractivity contribution in [2.45, 2.75) is 27.0 Å². The van der Waals surface area contributed by atoms with Crippen LogP contribution in [0.25, 0.3) is 10.9 Å². The molecule has 0 N–H and O–H groups in total. The van der Waals surface area contributed by atoms with Gasteiger partial charge in [-0.25, -0.2) is 0 Å². The first-order valence-corrected chi connectivity index (χ1v) is 9.37. The zero-order chi connectivity index (χ0) is 18.8. The van der Waals surface area contributed by atoms with Crippen LogP contribution in [0.15, 0.2) is 66.9 Å². The molecule has 0 aliphatic rings. The molecule has 2 aromatic carbocycles. The van der Waals surface area contributed by atoms with Gasteiger partial charge in [0.1, 0.15) is 18.1 Å². The Labute approximate surface area is 176 Å². The standard InChI is InChI=1S/C23H21ClN2O.ClH/c1-16-17(2)26(14-18-8-4-3-5-9-18)23-19(16)12-13-25-21(23)15-27-22-11-7-6-10-20(22)24;/h3-13H,14-15H2,1-2H3;1H. The summed E-state index contributed by atoms with van der Waals surface area (Å²) in [6.45, 7) is 5.51. The summed E-state index contributed by atoms with van der Waals surface area (Å²) in [4.78, 5) is 4.62. The van der Waals surface area contributed by atoms with Gasteiger partial charge in [0.25, 0.3) is 0 Å². The molecular formula is C23H22Cl2N2O. The summed E-state index contributed by atoms with van der Waals surface area (Å²) in [6, 6.07) is 20.1. The third kappa shape index (κ3) is 3.87. The molecule has 4 aromatic rings. The first kappa shape index (κ1) is 20.2. The van der Waals surface area contributed by atoms with Crippen LogP contribution in [0.1, 0.15) is 22.5 Å². The van der Waals surface area contributed by atoms with Crippen LogP contribution >= 0.6 is 24.0 Å². The molecule has 144 valence electrons. The van der Waals surface area contributed by atoms with Crippen molar-refractivity contribution in [1.29, 1.82) is 0 Å². The van der Waals surface area contributed by atoms with Gasteiger partial charge in [0.2, 0.25) is 0 Å². The number of ether oxygens (including phenoxy) is 1. The average molecular weight is 413 g/mol. The Morgan fingerprint density at radius 3 is 2.43 bits per heavy atom. The Morgan fingerprint density at radius 1 is 0.964 bits per heavy atom. The Hall–Kier alpha value is -2.49. The van der Waals surface area contributed by atoms with Crippen molar-refractivity contribution in [1.82, 2.24) is 9.55 Å². The second kappa shape index (κ2) is 8.68. The molecule has 2 aromatic heterocycles. The number of aromatic nitrogens is 2. The second-order valence-electron chi connectivity index (χ2n) is 6.66. The molecule has 0 radical (unpaired) electrons. The molecule has 0 saturated heterocycles. The molecule has 3 nitrogen and oxygen atoms in total. The molecule has 0 amide bonds. The molecule has 0 atom stereocenters. The van der Waals surface area contributed by atoms with Crippen LogP contribution in [0.5, 0.6) is 5.75 Å². The van der Waals surface area contributed by atoms with Gasteiger partial charge in [0.15, 0.2) is 0 Å². The Bertz CT molecular complexity index is 1090. The summed E-state index contributed by atoms with van der Waals surface area (Å²) in [5.41, 5.74) is 5.84. The van der Waals surface area contributed by atoms with Crippen molar-refractivity contribution >= 4 is 34.9 Å². The van der Waals surface area contributed by atoms with Gasteiger partial charge in [0, 0.05) is 23.8 Å². The average Bonchev–Trinajstić information content (AvgIpc) is 2.94. The van der Waals surface area contributed by atoms with Gasteiger partial charge in [0.05, 0.1) is 10.5 Å². The first-order valence-electron chi connectivity index (χ1n) is 8.99. The number of aryl methyl sites for hydroxylation is 1. The highest BCUT2D eigenvalue weighted by molar-refractivity contribution is 6.32. The van der Waals surface area contributed by atoms with E-state index in [0.29, 0.717) is 17.4 Å². The highest BCUT2D eigenvalue weighted by atomic mass is 35.5. The van der Waals surface area contributed by atoms with E-state index < -0.39 is 0 Å². The van der Waals surface area contributed by atoms with Gasteiger partial charge in [-0.05, 0) is 43.2 Å². The van der Waals surface area contributed by atoms with Crippen molar-refractivity contribution in [3.8, 4) is 5.75 Å². The van der Waals surface area contributed by atoms with Crippen LogP contribution in [0, 0.1) is 13.8 Å². The minimum atomic E-state index is 0. The lowest BCUT2D eigenvalue weighted by Crippen LogP contribution is -2.06. The van der Waals surface area contributed by atoms with E-state index in [-0.39, 0.29) is 12.4 Å². The summed E-state index contributed by atoms with van der Waals surface area (Å²) in [6.07, 6.45) is 1.85. The van der Waals surface area contributed by atoms with Gasteiger partial charge >= 0.3 is 0 Å². The molecule has 4 rings (SSSR count). The van der Waals surface area contributed by atoms with Gasteiger partial charge in [-0.15, -0.1) is 12.4 Å². The number of rotatable bonds is 5. The molecule has 0 fully saturated rings. The van der Waals surface area contributed by atoms with Crippen molar-refractivity contribution in [3.63, 3.8) is 0 Å². The predicted octanol–water partition coefficient (Wildman–Crippen LogP) is 6.36. The van der Waals surface area contributed by atoms with E-state index in [1.54, 1.807) is 0 Å². The van der Waals surface area contributed by atoms with Gasteiger partial charge in [-0.2, -0.15) is 0 Å². The number of para-hydroxylation sites is 1. The number of halogens is 2. The lowest BCUT2D eigenvalue weighted by molar-refractivity contribution is 0.302. The number of nitrogens with zero attached hydrogens (tertiary/aromatic N) is 2. The maximum Gasteiger partial charge on any atom is 0.138 e. The van der Waals surface area contributed by atoms with Crippen molar-refractivity contribution in [2.24, 2.45) is 0 Å². The van der Waals surface area contributed by atoms with E-state index in [9.17, 15) is 0 Å².